The molecule has 0 aliphatic heterocycles. The second-order valence-electron chi connectivity index (χ2n) is 5.78. The van der Waals surface area contributed by atoms with E-state index < -0.39 is 0 Å². The molecule has 2 aliphatic rings. The maximum atomic E-state index is 12.5. The molecule has 2 aliphatic carbocycles. The van der Waals surface area contributed by atoms with Crippen molar-refractivity contribution in [3.05, 3.63) is 22.3 Å². The monoisotopic (exact) mass is 322 g/mol. The molecule has 6 nitrogen and oxygen atoms in total. The number of carbonyl (C=O) groups excluding carboxylic acids is 1. The van der Waals surface area contributed by atoms with Crippen LogP contribution in [0.5, 0.6) is 0 Å². The summed E-state index contributed by atoms with van der Waals surface area (Å²) in [5.41, 5.74) is 0.987. The summed E-state index contributed by atoms with van der Waals surface area (Å²) in [6, 6.07) is 0.271. The van der Waals surface area contributed by atoms with Crippen LogP contribution >= 0.6 is 11.8 Å². The SMILES string of the molecule is CCN(C(=O)CSc1n[nH]c(=O)n1C1CC1)C1=CCCCC1. The number of amides is 1. The van der Waals surface area contributed by atoms with Gasteiger partial charge in [-0.25, -0.2) is 9.89 Å². The average molecular weight is 322 g/mol. The zero-order chi connectivity index (χ0) is 15.5. The number of hydrogen-bond acceptors (Lipinski definition) is 4. The van der Waals surface area contributed by atoms with E-state index in [1.165, 1.54) is 18.2 Å². The number of rotatable bonds is 6. The van der Waals surface area contributed by atoms with Gasteiger partial charge >= 0.3 is 5.69 Å². The Morgan fingerprint density at radius 2 is 2.32 bits per heavy atom. The van der Waals surface area contributed by atoms with Crippen molar-refractivity contribution in [2.75, 3.05) is 12.3 Å². The van der Waals surface area contributed by atoms with E-state index >= 15 is 0 Å². The zero-order valence-corrected chi connectivity index (χ0v) is 13.7. The number of aromatic nitrogens is 3. The molecule has 0 unspecified atom stereocenters. The molecule has 0 bridgehead atoms. The van der Waals surface area contributed by atoms with Crippen molar-refractivity contribution in [3.63, 3.8) is 0 Å². The highest BCUT2D eigenvalue weighted by Crippen LogP contribution is 2.36. The van der Waals surface area contributed by atoms with Crippen LogP contribution in [0.25, 0.3) is 0 Å². The topological polar surface area (TPSA) is 71.0 Å². The third-order valence-corrected chi connectivity index (χ3v) is 5.08. The highest BCUT2D eigenvalue weighted by atomic mass is 32.2. The molecule has 3 rings (SSSR count). The number of nitrogens with one attached hydrogen (secondary N) is 1. The quantitative estimate of drug-likeness (QED) is 0.816. The van der Waals surface area contributed by atoms with E-state index in [0.29, 0.717) is 17.5 Å². The Labute approximate surface area is 134 Å². The molecule has 120 valence electrons. The smallest absolute Gasteiger partial charge is 0.316 e. The molecule has 22 heavy (non-hydrogen) atoms. The van der Waals surface area contributed by atoms with Gasteiger partial charge < -0.3 is 4.90 Å². The summed E-state index contributed by atoms with van der Waals surface area (Å²) in [5, 5.41) is 7.17. The Hall–Kier alpha value is -1.50. The maximum Gasteiger partial charge on any atom is 0.344 e. The summed E-state index contributed by atoms with van der Waals surface area (Å²) >= 11 is 1.35. The normalized spacial score (nSPS) is 18.1. The Kier molecular flexibility index (Phi) is 4.71. The van der Waals surface area contributed by atoms with Crippen LogP contribution in [-0.2, 0) is 4.79 Å². The lowest BCUT2D eigenvalue weighted by atomic mass is 10.0. The van der Waals surface area contributed by atoms with Gasteiger partial charge in [0.15, 0.2) is 5.16 Å². The first-order valence-electron chi connectivity index (χ1n) is 7.99. The molecule has 0 saturated heterocycles. The predicted molar refractivity (Wildman–Crippen MR) is 85.8 cm³/mol. The van der Waals surface area contributed by atoms with Crippen molar-refractivity contribution in [3.8, 4) is 0 Å². The lowest BCUT2D eigenvalue weighted by Gasteiger charge is -2.26. The molecule has 0 radical (unpaired) electrons. The first-order valence-corrected chi connectivity index (χ1v) is 8.98. The van der Waals surface area contributed by atoms with Gasteiger partial charge in [-0.2, -0.15) is 0 Å². The molecule has 0 spiro atoms. The summed E-state index contributed by atoms with van der Waals surface area (Å²) in [6.45, 7) is 2.70. The number of allylic oxidation sites excluding steroid dienone is 2. The van der Waals surface area contributed by atoms with Crippen molar-refractivity contribution in [1.29, 1.82) is 0 Å². The Balaban J connectivity index is 1.64. The molecule has 1 aromatic heterocycles. The molecule has 0 aromatic carbocycles. The van der Waals surface area contributed by atoms with Gasteiger partial charge in [0.1, 0.15) is 0 Å². The summed E-state index contributed by atoms with van der Waals surface area (Å²) in [7, 11) is 0. The van der Waals surface area contributed by atoms with Gasteiger partial charge in [-0.1, -0.05) is 17.8 Å². The molecule has 1 N–H and O–H groups in total. The van der Waals surface area contributed by atoms with E-state index in [0.717, 1.165) is 37.8 Å². The van der Waals surface area contributed by atoms with Gasteiger partial charge in [0.05, 0.1) is 5.75 Å². The van der Waals surface area contributed by atoms with Gasteiger partial charge in [0, 0.05) is 18.3 Å². The van der Waals surface area contributed by atoms with Crippen LogP contribution in [-0.4, -0.2) is 37.9 Å². The fourth-order valence-electron chi connectivity index (χ4n) is 2.86. The van der Waals surface area contributed by atoms with Gasteiger partial charge in [-0.3, -0.25) is 9.36 Å². The second kappa shape index (κ2) is 6.73. The van der Waals surface area contributed by atoms with E-state index in [9.17, 15) is 9.59 Å². The fourth-order valence-corrected chi connectivity index (χ4v) is 3.75. The minimum atomic E-state index is -0.167. The number of nitrogens with zero attached hydrogens (tertiary/aromatic N) is 3. The minimum Gasteiger partial charge on any atom is -0.316 e. The van der Waals surface area contributed by atoms with Crippen LogP contribution in [0, 0.1) is 0 Å². The minimum absolute atomic E-state index is 0.0958. The van der Waals surface area contributed by atoms with Crippen LogP contribution in [0.15, 0.2) is 21.7 Å². The summed E-state index contributed by atoms with van der Waals surface area (Å²) < 4.78 is 1.69. The van der Waals surface area contributed by atoms with Crippen LogP contribution in [0.4, 0.5) is 0 Å². The fraction of sp³-hybridized carbons (Fsp3) is 0.667. The lowest BCUT2D eigenvalue weighted by molar-refractivity contribution is -0.126. The third-order valence-electron chi connectivity index (χ3n) is 4.14. The molecule has 1 saturated carbocycles. The summed E-state index contributed by atoms with van der Waals surface area (Å²) in [5.74, 6) is 0.417. The van der Waals surface area contributed by atoms with Crippen LogP contribution < -0.4 is 5.69 Å². The number of H-pyrrole nitrogens is 1. The van der Waals surface area contributed by atoms with Crippen molar-refractivity contribution >= 4 is 17.7 Å². The number of hydrogen-bond donors (Lipinski definition) is 1. The van der Waals surface area contributed by atoms with Crippen LogP contribution in [0.2, 0.25) is 0 Å². The molecular formula is C15H22N4O2S. The predicted octanol–water partition coefficient (Wildman–Crippen LogP) is 2.30. The van der Waals surface area contributed by atoms with Gasteiger partial charge in [0.25, 0.3) is 0 Å². The van der Waals surface area contributed by atoms with E-state index in [-0.39, 0.29) is 17.6 Å². The summed E-state index contributed by atoms with van der Waals surface area (Å²) in [4.78, 5) is 26.1. The van der Waals surface area contributed by atoms with E-state index in [2.05, 4.69) is 16.3 Å². The van der Waals surface area contributed by atoms with Crippen LogP contribution in [0.3, 0.4) is 0 Å². The van der Waals surface area contributed by atoms with Crippen molar-refractivity contribution in [2.45, 2.75) is 56.6 Å². The molecule has 1 fully saturated rings. The molecule has 1 amide bonds. The number of aromatic amines is 1. The Morgan fingerprint density at radius 1 is 1.50 bits per heavy atom. The largest absolute Gasteiger partial charge is 0.344 e. The maximum absolute atomic E-state index is 12.5. The number of carbonyl (C=O) groups is 1. The molecule has 1 aromatic rings. The van der Waals surface area contributed by atoms with Crippen molar-refractivity contribution in [1.82, 2.24) is 19.7 Å². The van der Waals surface area contributed by atoms with Crippen molar-refractivity contribution in [2.24, 2.45) is 0 Å². The lowest BCUT2D eigenvalue weighted by Crippen LogP contribution is -2.32. The van der Waals surface area contributed by atoms with E-state index in [1.54, 1.807) is 4.57 Å². The first kappa shape index (κ1) is 15.4. The molecular weight excluding hydrogens is 300 g/mol. The highest BCUT2D eigenvalue weighted by molar-refractivity contribution is 7.99. The van der Waals surface area contributed by atoms with Crippen LogP contribution in [0.1, 0.15) is 51.5 Å². The second-order valence-corrected chi connectivity index (χ2v) is 6.72. The third kappa shape index (κ3) is 3.29. The molecule has 1 heterocycles. The van der Waals surface area contributed by atoms with E-state index in [1.807, 2.05) is 11.8 Å². The number of thioether (sulfide) groups is 1. The highest BCUT2D eigenvalue weighted by Gasteiger charge is 2.29. The van der Waals surface area contributed by atoms with Gasteiger partial charge in [-0.15, -0.1) is 5.10 Å². The molecule has 0 atom stereocenters. The van der Waals surface area contributed by atoms with Crippen molar-refractivity contribution < 1.29 is 4.79 Å². The molecule has 7 heteroatoms. The Morgan fingerprint density at radius 3 is 2.95 bits per heavy atom. The average Bonchev–Trinajstić information content (AvgIpc) is 3.30. The standard InChI is InChI=1S/C15H22N4O2S/c1-2-18(11-6-4-3-5-7-11)13(20)10-22-15-17-16-14(21)19(15)12-8-9-12/h6,12H,2-5,7-10H2,1H3,(H,16,21). The zero-order valence-electron chi connectivity index (χ0n) is 12.9. The van der Waals surface area contributed by atoms with Gasteiger partial charge in [-0.05, 0) is 45.4 Å². The van der Waals surface area contributed by atoms with E-state index in [4.69, 9.17) is 0 Å². The Bertz CT molecular complexity index is 630. The first-order chi connectivity index (χ1) is 10.7. The van der Waals surface area contributed by atoms with Gasteiger partial charge in [0.2, 0.25) is 5.91 Å². The summed E-state index contributed by atoms with van der Waals surface area (Å²) in [6.07, 6.45) is 8.65.